The van der Waals surface area contributed by atoms with E-state index in [1.807, 2.05) is 0 Å². The number of likely N-dealkylation sites (tertiary alicyclic amines) is 1. The number of non-ortho nitro benzene ring substituents is 1. The molecule has 8 heteroatoms. The topological polar surface area (TPSA) is 105 Å². The van der Waals surface area contributed by atoms with Crippen LogP contribution in [0.5, 0.6) is 0 Å². The number of hydrogen-bond donors (Lipinski definition) is 2. The van der Waals surface area contributed by atoms with Gasteiger partial charge in [-0.1, -0.05) is 30.3 Å². The van der Waals surface area contributed by atoms with Gasteiger partial charge in [-0.25, -0.2) is 0 Å². The Morgan fingerprint density at radius 2 is 1.68 bits per heavy atom. The molecule has 2 N–H and O–H groups in total. The molecule has 0 radical (unpaired) electrons. The highest BCUT2D eigenvalue weighted by Crippen LogP contribution is 2.39. The fourth-order valence-electron chi connectivity index (χ4n) is 3.87. The fraction of sp³-hybridized carbons (Fsp3) is 0.304. The standard InChI is InChI=1S/C23H25N3O5/c1-3-24(4-2)14-15-25-20(16-10-12-18(13-11-16)26(30)31)19(22(28)23(25)29)21(27)17-8-6-5-7-9-17/h5-13,20,27H,3-4,14-15H2,1-2H3/p+1/t20-/m0/s1. The summed E-state index contributed by atoms with van der Waals surface area (Å²) in [4.78, 5) is 39.1. The van der Waals surface area contributed by atoms with Crippen LogP contribution in [0.3, 0.4) is 0 Å². The summed E-state index contributed by atoms with van der Waals surface area (Å²) in [5, 5.41) is 22.0. The zero-order valence-corrected chi connectivity index (χ0v) is 17.6. The van der Waals surface area contributed by atoms with E-state index in [0.717, 1.165) is 13.1 Å². The minimum absolute atomic E-state index is 0.000370. The van der Waals surface area contributed by atoms with Crippen molar-refractivity contribution < 1.29 is 24.5 Å². The third-order valence-electron chi connectivity index (χ3n) is 5.71. The Bertz CT molecular complexity index is 998. The number of aliphatic hydroxyl groups excluding tert-OH is 1. The number of hydrogen-bond acceptors (Lipinski definition) is 5. The van der Waals surface area contributed by atoms with Gasteiger partial charge in [0.15, 0.2) is 0 Å². The summed E-state index contributed by atoms with van der Waals surface area (Å²) in [5.74, 6) is -1.67. The van der Waals surface area contributed by atoms with E-state index in [0.29, 0.717) is 24.2 Å². The Hall–Kier alpha value is -3.52. The van der Waals surface area contributed by atoms with Gasteiger partial charge in [-0.05, 0) is 31.5 Å². The van der Waals surface area contributed by atoms with Crippen molar-refractivity contribution in [3.8, 4) is 0 Å². The van der Waals surface area contributed by atoms with Crippen LogP contribution in [0.15, 0.2) is 60.2 Å². The fourth-order valence-corrected chi connectivity index (χ4v) is 3.87. The molecule has 1 amide bonds. The quantitative estimate of drug-likeness (QED) is 0.222. The molecule has 162 valence electrons. The molecule has 1 aliphatic heterocycles. The van der Waals surface area contributed by atoms with Crippen LogP contribution in [0.1, 0.15) is 31.0 Å². The number of rotatable bonds is 8. The lowest BCUT2D eigenvalue weighted by Crippen LogP contribution is -3.12. The summed E-state index contributed by atoms with van der Waals surface area (Å²) in [6.07, 6.45) is 0. The molecule has 2 aromatic carbocycles. The second-order valence-corrected chi connectivity index (χ2v) is 7.41. The smallest absolute Gasteiger partial charge is 0.295 e. The number of likely N-dealkylation sites (N-methyl/N-ethyl adjacent to an activating group) is 1. The van der Waals surface area contributed by atoms with Gasteiger partial charge in [-0.2, -0.15) is 0 Å². The van der Waals surface area contributed by atoms with E-state index in [4.69, 9.17) is 0 Å². The van der Waals surface area contributed by atoms with E-state index >= 15 is 0 Å². The third kappa shape index (κ3) is 4.49. The Labute approximate surface area is 180 Å². The first-order chi connectivity index (χ1) is 14.9. The number of carbonyl (C=O) groups is 2. The van der Waals surface area contributed by atoms with Gasteiger partial charge < -0.3 is 14.9 Å². The van der Waals surface area contributed by atoms with Crippen molar-refractivity contribution in [3.63, 3.8) is 0 Å². The molecule has 1 saturated heterocycles. The SMILES string of the molecule is CC[NH+](CC)CCN1C(=O)C(=O)C(=C(O)c2ccccc2)[C@@H]1c1ccc([N+](=O)[O-])cc1. The molecule has 0 aliphatic carbocycles. The molecule has 31 heavy (non-hydrogen) atoms. The van der Waals surface area contributed by atoms with Gasteiger partial charge in [0.25, 0.3) is 17.4 Å². The largest absolute Gasteiger partial charge is 0.507 e. The molecule has 8 nitrogen and oxygen atoms in total. The first-order valence-corrected chi connectivity index (χ1v) is 10.3. The number of ketones is 1. The maximum Gasteiger partial charge on any atom is 0.295 e. The number of nitro benzene ring substituents is 1. The van der Waals surface area contributed by atoms with Gasteiger partial charge in [-0.15, -0.1) is 0 Å². The van der Waals surface area contributed by atoms with E-state index in [-0.39, 0.29) is 17.0 Å². The average Bonchev–Trinajstić information content (AvgIpc) is 3.04. The highest BCUT2D eigenvalue weighted by molar-refractivity contribution is 6.46. The zero-order chi connectivity index (χ0) is 22.5. The number of nitrogens with one attached hydrogen (secondary N) is 1. The average molecular weight is 424 g/mol. The summed E-state index contributed by atoms with van der Waals surface area (Å²) in [7, 11) is 0. The molecule has 0 unspecified atom stereocenters. The van der Waals surface area contributed by atoms with Crippen LogP contribution < -0.4 is 4.90 Å². The molecule has 0 bridgehead atoms. The van der Waals surface area contributed by atoms with Crippen LogP contribution in [0.2, 0.25) is 0 Å². The number of benzene rings is 2. The maximum absolute atomic E-state index is 12.9. The lowest BCUT2D eigenvalue weighted by Gasteiger charge is -2.26. The normalized spacial score (nSPS) is 18.0. The van der Waals surface area contributed by atoms with Gasteiger partial charge in [0.1, 0.15) is 5.76 Å². The predicted molar refractivity (Wildman–Crippen MR) is 115 cm³/mol. The number of quaternary nitrogens is 1. The van der Waals surface area contributed by atoms with E-state index in [1.165, 1.54) is 34.1 Å². The van der Waals surface area contributed by atoms with Crippen LogP contribution in [-0.4, -0.2) is 52.8 Å². The molecule has 2 aromatic rings. The third-order valence-corrected chi connectivity index (χ3v) is 5.71. The lowest BCUT2D eigenvalue weighted by atomic mass is 9.95. The lowest BCUT2D eigenvalue weighted by molar-refractivity contribution is -0.895. The minimum Gasteiger partial charge on any atom is -0.507 e. The highest BCUT2D eigenvalue weighted by Gasteiger charge is 2.46. The molecular formula is C23H26N3O5+. The van der Waals surface area contributed by atoms with Crippen molar-refractivity contribution in [3.05, 3.63) is 81.4 Å². The summed E-state index contributed by atoms with van der Waals surface area (Å²) < 4.78 is 0. The summed E-state index contributed by atoms with van der Waals surface area (Å²) >= 11 is 0. The Balaban J connectivity index is 2.09. The first-order valence-electron chi connectivity index (χ1n) is 10.3. The Morgan fingerprint density at radius 3 is 2.23 bits per heavy atom. The van der Waals surface area contributed by atoms with Gasteiger partial charge in [-0.3, -0.25) is 19.7 Å². The maximum atomic E-state index is 12.9. The van der Waals surface area contributed by atoms with Crippen LogP contribution in [0.25, 0.3) is 5.76 Å². The van der Waals surface area contributed by atoms with Crippen molar-refractivity contribution in [1.29, 1.82) is 0 Å². The number of amides is 1. The number of carbonyl (C=O) groups excluding carboxylic acids is 2. The van der Waals surface area contributed by atoms with Crippen molar-refractivity contribution >= 4 is 23.1 Å². The Morgan fingerprint density at radius 1 is 1.06 bits per heavy atom. The predicted octanol–water partition coefficient (Wildman–Crippen LogP) is 1.94. The molecule has 3 rings (SSSR count). The molecule has 1 atom stereocenters. The van der Waals surface area contributed by atoms with Crippen LogP contribution in [0.4, 0.5) is 5.69 Å². The molecular weight excluding hydrogens is 398 g/mol. The highest BCUT2D eigenvalue weighted by atomic mass is 16.6. The Kier molecular flexibility index (Phi) is 6.81. The summed E-state index contributed by atoms with van der Waals surface area (Å²) in [5.41, 5.74) is 0.884. The van der Waals surface area contributed by atoms with Crippen molar-refractivity contribution in [2.24, 2.45) is 0 Å². The molecule has 1 heterocycles. The van der Waals surface area contributed by atoms with Gasteiger partial charge in [0, 0.05) is 17.7 Å². The summed E-state index contributed by atoms with van der Waals surface area (Å²) in [6.45, 7) is 6.84. The first kappa shape index (κ1) is 22.2. The second kappa shape index (κ2) is 9.53. The van der Waals surface area contributed by atoms with Crippen LogP contribution in [0, 0.1) is 10.1 Å². The van der Waals surface area contributed by atoms with Crippen molar-refractivity contribution in [2.75, 3.05) is 26.2 Å². The molecule has 0 spiro atoms. The van der Waals surface area contributed by atoms with Crippen molar-refractivity contribution in [2.45, 2.75) is 19.9 Å². The van der Waals surface area contributed by atoms with Crippen LogP contribution in [-0.2, 0) is 9.59 Å². The second-order valence-electron chi connectivity index (χ2n) is 7.41. The minimum atomic E-state index is -0.809. The van der Waals surface area contributed by atoms with Crippen molar-refractivity contribution in [1.82, 2.24) is 4.90 Å². The van der Waals surface area contributed by atoms with E-state index in [1.54, 1.807) is 30.3 Å². The monoisotopic (exact) mass is 424 g/mol. The number of Topliss-reactive ketones (excluding diaryl/α,β-unsaturated/α-hetero) is 1. The molecule has 1 aliphatic rings. The van der Waals surface area contributed by atoms with E-state index in [2.05, 4.69) is 13.8 Å². The summed E-state index contributed by atoms with van der Waals surface area (Å²) in [6, 6.07) is 13.5. The number of nitro groups is 1. The molecule has 0 saturated carbocycles. The van der Waals surface area contributed by atoms with Gasteiger partial charge in [0.05, 0.1) is 42.7 Å². The molecule has 0 aromatic heterocycles. The number of nitrogens with zero attached hydrogens (tertiary/aromatic N) is 2. The zero-order valence-electron chi connectivity index (χ0n) is 17.6. The van der Waals surface area contributed by atoms with E-state index in [9.17, 15) is 24.8 Å². The van der Waals surface area contributed by atoms with Crippen LogP contribution >= 0.6 is 0 Å². The molecule has 1 fully saturated rings. The van der Waals surface area contributed by atoms with Gasteiger partial charge in [0.2, 0.25) is 0 Å². The van der Waals surface area contributed by atoms with E-state index < -0.39 is 22.7 Å². The van der Waals surface area contributed by atoms with Gasteiger partial charge >= 0.3 is 0 Å². The number of aliphatic hydroxyl groups is 1.